The van der Waals surface area contributed by atoms with Gasteiger partial charge in [0.15, 0.2) is 0 Å². The van der Waals surface area contributed by atoms with Crippen LogP contribution in [0, 0.1) is 6.92 Å². The fourth-order valence-corrected chi connectivity index (χ4v) is 3.58. The van der Waals surface area contributed by atoms with E-state index in [-0.39, 0.29) is 11.4 Å². The fraction of sp³-hybridized carbons (Fsp3) is 0.176. The highest BCUT2D eigenvalue weighted by atomic mass is 35.5. The number of benzene rings is 2. The van der Waals surface area contributed by atoms with Crippen LogP contribution in [0.4, 0.5) is 0 Å². The van der Waals surface area contributed by atoms with Crippen LogP contribution in [0.15, 0.2) is 52.5 Å². The minimum absolute atomic E-state index is 0.120. The minimum atomic E-state index is -3.75. The van der Waals surface area contributed by atoms with Crippen LogP contribution < -0.4 is 5.43 Å². The maximum atomic E-state index is 12.4. The molecule has 138 valence electrons. The zero-order valence-corrected chi connectivity index (χ0v) is 16.4. The third kappa shape index (κ3) is 5.28. The summed E-state index contributed by atoms with van der Waals surface area (Å²) in [7, 11) is -2.43. The van der Waals surface area contributed by atoms with E-state index < -0.39 is 15.9 Å². The highest BCUT2D eigenvalue weighted by Crippen LogP contribution is 2.19. The van der Waals surface area contributed by atoms with Gasteiger partial charge in [0.1, 0.15) is 0 Å². The van der Waals surface area contributed by atoms with E-state index >= 15 is 0 Å². The third-order valence-corrected chi connectivity index (χ3v) is 5.83. The number of carbonyl (C=O) groups excluding carboxylic acids is 1. The highest BCUT2D eigenvalue weighted by Gasteiger charge is 2.22. The smallest absolute Gasteiger partial charge is 0.255 e. The quantitative estimate of drug-likeness (QED) is 0.583. The van der Waals surface area contributed by atoms with Crippen LogP contribution in [0.1, 0.15) is 11.1 Å². The molecule has 2 rings (SSSR count). The van der Waals surface area contributed by atoms with Crippen molar-refractivity contribution in [3.05, 3.63) is 63.6 Å². The second-order valence-corrected chi connectivity index (χ2v) is 8.42. The Labute approximate surface area is 162 Å². The number of likely N-dealkylation sites (N-methyl/N-ethyl adjacent to an activating group) is 1. The normalized spacial score (nSPS) is 11.9. The number of hydrogen-bond donors (Lipinski definition) is 1. The van der Waals surface area contributed by atoms with Crippen molar-refractivity contribution in [3.63, 3.8) is 0 Å². The molecule has 0 saturated heterocycles. The number of carbonyl (C=O) groups is 1. The van der Waals surface area contributed by atoms with Gasteiger partial charge < -0.3 is 0 Å². The number of aryl methyl sites for hydroxylation is 1. The van der Waals surface area contributed by atoms with Gasteiger partial charge in [0.05, 0.1) is 22.7 Å². The first-order chi connectivity index (χ1) is 12.2. The maximum Gasteiger partial charge on any atom is 0.255 e. The molecular formula is C17H17Cl2N3O3S. The molecule has 6 nitrogen and oxygen atoms in total. The summed E-state index contributed by atoms with van der Waals surface area (Å²) in [5, 5.41) is 4.65. The Morgan fingerprint density at radius 2 is 1.85 bits per heavy atom. The van der Waals surface area contributed by atoms with Gasteiger partial charge in [0.2, 0.25) is 10.0 Å². The van der Waals surface area contributed by atoms with Gasteiger partial charge in [-0.2, -0.15) is 9.41 Å². The van der Waals surface area contributed by atoms with Crippen LogP contribution in [-0.4, -0.2) is 38.4 Å². The molecule has 0 fully saturated rings. The van der Waals surface area contributed by atoms with Gasteiger partial charge in [-0.3, -0.25) is 4.79 Å². The zero-order chi connectivity index (χ0) is 19.3. The molecule has 0 unspecified atom stereocenters. The van der Waals surface area contributed by atoms with E-state index in [4.69, 9.17) is 23.2 Å². The molecule has 0 aliphatic heterocycles. The average Bonchev–Trinajstić information content (AvgIpc) is 2.57. The monoisotopic (exact) mass is 413 g/mol. The predicted octanol–water partition coefficient (Wildman–Crippen LogP) is 3.07. The number of hydrogen-bond acceptors (Lipinski definition) is 4. The van der Waals surface area contributed by atoms with Gasteiger partial charge in [-0.05, 0) is 31.2 Å². The number of sulfonamides is 1. The first kappa shape index (κ1) is 20.4. The summed E-state index contributed by atoms with van der Waals surface area (Å²) >= 11 is 11.8. The van der Waals surface area contributed by atoms with E-state index in [0.29, 0.717) is 15.6 Å². The molecule has 0 aliphatic carbocycles. The molecule has 0 radical (unpaired) electrons. The zero-order valence-electron chi connectivity index (χ0n) is 14.1. The molecule has 0 atom stereocenters. The molecule has 1 N–H and O–H groups in total. The summed E-state index contributed by atoms with van der Waals surface area (Å²) in [6.07, 6.45) is 1.35. The van der Waals surface area contributed by atoms with E-state index in [2.05, 4.69) is 10.5 Å². The second kappa shape index (κ2) is 8.64. The van der Waals surface area contributed by atoms with E-state index in [0.717, 1.165) is 9.87 Å². The first-order valence-corrected chi connectivity index (χ1v) is 9.69. The van der Waals surface area contributed by atoms with E-state index in [1.54, 1.807) is 30.3 Å². The molecule has 26 heavy (non-hydrogen) atoms. The lowest BCUT2D eigenvalue weighted by molar-refractivity contribution is -0.121. The van der Waals surface area contributed by atoms with Gasteiger partial charge in [-0.1, -0.05) is 47.0 Å². The Morgan fingerprint density at radius 3 is 2.46 bits per heavy atom. The van der Waals surface area contributed by atoms with Gasteiger partial charge in [-0.25, -0.2) is 13.8 Å². The van der Waals surface area contributed by atoms with Gasteiger partial charge in [0.25, 0.3) is 5.91 Å². The number of nitrogens with one attached hydrogen (secondary N) is 1. The molecule has 9 heteroatoms. The highest BCUT2D eigenvalue weighted by molar-refractivity contribution is 7.89. The number of amides is 1. The van der Waals surface area contributed by atoms with Gasteiger partial charge in [-0.15, -0.1) is 0 Å². The SMILES string of the molecule is Cc1ccc(S(=O)(=O)N(C)CC(=O)N/N=C/c2ccc(Cl)cc2Cl)cc1. The fourth-order valence-electron chi connectivity index (χ4n) is 1.99. The first-order valence-electron chi connectivity index (χ1n) is 7.50. The number of nitrogens with zero attached hydrogens (tertiary/aromatic N) is 2. The standard InChI is InChI=1S/C17H17Cl2N3O3S/c1-12-3-7-15(8-4-12)26(24,25)22(2)11-17(23)21-20-10-13-5-6-14(18)9-16(13)19/h3-10H,11H2,1-2H3,(H,21,23)/b20-10+. The molecular weight excluding hydrogens is 397 g/mol. The van der Waals surface area contributed by atoms with E-state index in [9.17, 15) is 13.2 Å². The van der Waals surface area contributed by atoms with Crippen LogP contribution in [0.25, 0.3) is 0 Å². The molecule has 0 aliphatic rings. The van der Waals surface area contributed by atoms with Crippen LogP contribution in [-0.2, 0) is 14.8 Å². The summed E-state index contributed by atoms with van der Waals surface area (Å²) in [6.45, 7) is 1.49. The van der Waals surface area contributed by atoms with Crippen molar-refractivity contribution in [3.8, 4) is 0 Å². The topological polar surface area (TPSA) is 78.8 Å². The van der Waals surface area contributed by atoms with Crippen molar-refractivity contribution in [2.75, 3.05) is 13.6 Å². The largest absolute Gasteiger partial charge is 0.272 e. The number of halogens is 2. The predicted molar refractivity (Wildman–Crippen MR) is 103 cm³/mol. The van der Waals surface area contributed by atoms with Crippen molar-refractivity contribution in [2.24, 2.45) is 5.10 Å². The summed E-state index contributed by atoms with van der Waals surface area (Å²) in [5.74, 6) is -0.579. The summed E-state index contributed by atoms with van der Waals surface area (Å²) in [4.78, 5) is 12.0. The van der Waals surface area contributed by atoms with Crippen molar-refractivity contribution in [1.29, 1.82) is 0 Å². The second-order valence-electron chi connectivity index (χ2n) is 5.53. The number of hydrazone groups is 1. The Morgan fingerprint density at radius 1 is 1.19 bits per heavy atom. The van der Waals surface area contributed by atoms with Crippen LogP contribution in [0.2, 0.25) is 10.0 Å². The van der Waals surface area contributed by atoms with Crippen molar-refractivity contribution in [2.45, 2.75) is 11.8 Å². The van der Waals surface area contributed by atoms with Crippen LogP contribution in [0.3, 0.4) is 0 Å². The molecule has 0 spiro atoms. The van der Waals surface area contributed by atoms with E-state index in [1.165, 1.54) is 25.4 Å². The maximum absolute atomic E-state index is 12.4. The molecule has 0 bridgehead atoms. The third-order valence-electron chi connectivity index (χ3n) is 3.45. The molecule has 0 aromatic heterocycles. The molecule has 1 amide bonds. The lowest BCUT2D eigenvalue weighted by Gasteiger charge is -2.16. The average molecular weight is 414 g/mol. The summed E-state index contributed by atoms with van der Waals surface area (Å²) < 4.78 is 25.8. The van der Waals surface area contributed by atoms with Crippen molar-refractivity contribution in [1.82, 2.24) is 9.73 Å². The molecule has 2 aromatic rings. The lowest BCUT2D eigenvalue weighted by Crippen LogP contribution is -2.36. The molecule has 0 heterocycles. The Kier molecular flexibility index (Phi) is 6.77. The van der Waals surface area contributed by atoms with Gasteiger partial charge >= 0.3 is 0 Å². The Balaban J connectivity index is 1.98. The van der Waals surface area contributed by atoms with Gasteiger partial charge in [0, 0.05) is 17.6 Å². The van der Waals surface area contributed by atoms with E-state index in [1.807, 2.05) is 6.92 Å². The molecule has 2 aromatic carbocycles. The summed E-state index contributed by atoms with van der Waals surface area (Å²) in [6, 6.07) is 11.2. The lowest BCUT2D eigenvalue weighted by atomic mass is 10.2. The minimum Gasteiger partial charge on any atom is -0.272 e. The number of rotatable bonds is 6. The summed E-state index contributed by atoms with van der Waals surface area (Å²) in [5.41, 5.74) is 3.78. The van der Waals surface area contributed by atoms with Crippen LogP contribution >= 0.6 is 23.2 Å². The van der Waals surface area contributed by atoms with Crippen LogP contribution in [0.5, 0.6) is 0 Å². The van der Waals surface area contributed by atoms with Crippen molar-refractivity contribution >= 4 is 45.3 Å². The molecule has 0 saturated carbocycles. The Hall–Kier alpha value is -1.93. The Bertz CT molecular complexity index is 929. The van der Waals surface area contributed by atoms with Crippen molar-refractivity contribution < 1.29 is 13.2 Å².